The van der Waals surface area contributed by atoms with Crippen molar-refractivity contribution in [1.29, 1.82) is 0 Å². The first-order chi connectivity index (χ1) is 24.7. The van der Waals surface area contributed by atoms with E-state index < -0.39 is 38.6 Å². The Morgan fingerprint density at radius 1 is 0.608 bits per heavy atom. The van der Waals surface area contributed by atoms with E-state index >= 15 is 0 Å². The van der Waals surface area contributed by atoms with E-state index in [1.807, 2.05) is 36.5 Å². The standard InChI is InChI=1S/C41H69O9P/c1-3-5-7-9-11-12-13-14-15-16-17-18-23-27-31-35-41(44)50-39(37-49-51(45,46)47)36-48-40(43)34-30-26-22-20-19-21-25-29-33-38(42)32-28-24-10-8-6-4-2/h12-15,20-22,24-25,28-29,33,38-39,42H,3-11,16-19,23,26-27,30-32,34-37H2,1-2H3,(H2,45,46,47)/b13-12-,15-14-,22-20-,25-21-,28-24-,33-29+/t38-,39-/m1/s1. The molecule has 9 nitrogen and oxygen atoms in total. The summed E-state index contributed by atoms with van der Waals surface area (Å²) in [6.07, 6.45) is 42.2. The van der Waals surface area contributed by atoms with Crippen LogP contribution in [0.5, 0.6) is 0 Å². The molecule has 0 amide bonds. The Balaban J connectivity index is 4.17. The van der Waals surface area contributed by atoms with Gasteiger partial charge in [-0.25, -0.2) is 4.57 Å². The van der Waals surface area contributed by atoms with Crippen LogP contribution in [-0.4, -0.2) is 52.3 Å². The molecule has 0 aromatic rings. The molecule has 0 spiro atoms. The quantitative estimate of drug-likeness (QED) is 0.0194. The topological polar surface area (TPSA) is 140 Å². The smallest absolute Gasteiger partial charge is 0.462 e. The highest BCUT2D eigenvalue weighted by Gasteiger charge is 2.22. The largest absolute Gasteiger partial charge is 0.469 e. The van der Waals surface area contributed by atoms with Gasteiger partial charge in [-0.1, -0.05) is 138 Å². The third kappa shape index (κ3) is 38.5. The Bertz CT molecular complexity index is 1070. The molecule has 0 aromatic heterocycles. The molecule has 0 aliphatic rings. The van der Waals surface area contributed by atoms with Gasteiger partial charge >= 0.3 is 19.8 Å². The van der Waals surface area contributed by atoms with Gasteiger partial charge in [0.1, 0.15) is 6.61 Å². The maximum atomic E-state index is 12.4. The highest BCUT2D eigenvalue weighted by atomic mass is 31.2. The molecule has 0 aromatic carbocycles. The first kappa shape index (κ1) is 48.5. The fraction of sp³-hybridized carbons (Fsp3) is 0.659. The Labute approximate surface area is 309 Å². The van der Waals surface area contributed by atoms with E-state index in [0.29, 0.717) is 25.7 Å². The summed E-state index contributed by atoms with van der Waals surface area (Å²) >= 11 is 0. The summed E-state index contributed by atoms with van der Waals surface area (Å²) in [4.78, 5) is 42.7. The Hall–Kier alpha value is -2.55. The number of phosphoric acid groups is 1. The van der Waals surface area contributed by atoms with Crippen molar-refractivity contribution in [2.75, 3.05) is 13.2 Å². The molecule has 292 valence electrons. The van der Waals surface area contributed by atoms with Crippen molar-refractivity contribution < 1.29 is 43.0 Å². The molecule has 0 fully saturated rings. The summed E-state index contributed by atoms with van der Waals surface area (Å²) in [5.74, 6) is -1.01. The molecule has 0 aliphatic heterocycles. The fourth-order valence-corrected chi connectivity index (χ4v) is 5.21. The molecule has 10 heteroatoms. The lowest BCUT2D eigenvalue weighted by Crippen LogP contribution is -2.29. The third-order valence-corrected chi connectivity index (χ3v) is 8.29. The van der Waals surface area contributed by atoms with Crippen LogP contribution >= 0.6 is 7.82 Å². The molecule has 0 saturated heterocycles. The van der Waals surface area contributed by atoms with Gasteiger partial charge in [0.15, 0.2) is 6.10 Å². The van der Waals surface area contributed by atoms with Crippen molar-refractivity contribution >= 4 is 19.8 Å². The molecule has 3 N–H and O–H groups in total. The van der Waals surface area contributed by atoms with Gasteiger partial charge in [0.2, 0.25) is 0 Å². The van der Waals surface area contributed by atoms with Gasteiger partial charge in [-0.15, -0.1) is 0 Å². The molecular formula is C41H69O9P. The fourth-order valence-electron chi connectivity index (χ4n) is 4.85. The van der Waals surface area contributed by atoms with Crippen LogP contribution in [0.25, 0.3) is 0 Å². The van der Waals surface area contributed by atoms with E-state index in [1.165, 1.54) is 44.9 Å². The number of unbranched alkanes of at least 4 members (excludes halogenated alkanes) is 13. The second-order valence-electron chi connectivity index (χ2n) is 12.8. The van der Waals surface area contributed by atoms with Crippen molar-refractivity contribution in [3.8, 4) is 0 Å². The summed E-state index contributed by atoms with van der Waals surface area (Å²) < 4.78 is 26.2. The summed E-state index contributed by atoms with van der Waals surface area (Å²) in [5, 5.41) is 9.98. The average Bonchev–Trinajstić information content (AvgIpc) is 3.09. The summed E-state index contributed by atoms with van der Waals surface area (Å²) in [7, 11) is -4.78. The van der Waals surface area contributed by atoms with Gasteiger partial charge in [0, 0.05) is 12.8 Å². The number of aliphatic hydroxyl groups excluding tert-OH is 1. The van der Waals surface area contributed by atoms with Crippen LogP contribution in [0.3, 0.4) is 0 Å². The van der Waals surface area contributed by atoms with Crippen LogP contribution < -0.4 is 0 Å². The van der Waals surface area contributed by atoms with E-state index in [1.54, 1.807) is 6.08 Å². The number of allylic oxidation sites excluding steroid dienone is 10. The van der Waals surface area contributed by atoms with Crippen LogP contribution in [0.2, 0.25) is 0 Å². The number of carbonyl (C=O) groups is 2. The number of rotatable bonds is 34. The number of hydrogen-bond donors (Lipinski definition) is 3. The molecule has 0 aliphatic carbocycles. The van der Waals surface area contributed by atoms with Crippen molar-refractivity contribution in [1.82, 2.24) is 0 Å². The third-order valence-electron chi connectivity index (χ3n) is 7.81. The number of carbonyl (C=O) groups excluding carboxylic acids is 2. The maximum Gasteiger partial charge on any atom is 0.469 e. The van der Waals surface area contributed by atoms with Crippen molar-refractivity contribution in [3.63, 3.8) is 0 Å². The molecular weight excluding hydrogens is 667 g/mol. The minimum absolute atomic E-state index is 0.152. The van der Waals surface area contributed by atoms with E-state index in [9.17, 15) is 19.3 Å². The molecule has 0 rings (SSSR count). The van der Waals surface area contributed by atoms with Crippen molar-refractivity contribution in [2.24, 2.45) is 0 Å². The molecule has 0 unspecified atom stereocenters. The summed E-state index contributed by atoms with van der Waals surface area (Å²) in [6, 6.07) is 0. The SMILES string of the molecule is CCCCC/C=C\C[C@@H](O)/C=C/C=C\C/C=C\CCCC(=O)OC[C@H](COP(=O)(O)O)OC(=O)CCCCCCC/C=C\C=C/CCCCCC. The zero-order valence-electron chi connectivity index (χ0n) is 31.6. The van der Waals surface area contributed by atoms with Gasteiger partial charge in [-0.05, 0) is 70.6 Å². The second kappa shape index (κ2) is 35.8. The first-order valence-corrected chi connectivity index (χ1v) is 20.9. The van der Waals surface area contributed by atoms with Gasteiger partial charge in [0.05, 0.1) is 12.7 Å². The number of ether oxygens (including phenoxy) is 2. The van der Waals surface area contributed by atoms with Crippen LogP contribution in [0.15, 0.2) is 72.9 Å². The zero-order chi connectivity index (χ0) is 37.7. The molecule has 0 saturated carbocycles. The van der Waals surface area contributed by atoms with Gasteiger partial charge in [0.25, 0.3) is 0 Å². The normalized spacial score (nSPS) is 13.9. The van der Waals surface area contributed by atoms with Crippen LogP contribution in [0, 0.1) is 0 Å². The minimum Gasteiger partial charge on any atom is -0.462 e. The monoisotopic (exact) mass is 736 g/mol. The average molecular weight is 737 g/mol. The maximum absolute atomic E-state index is 12.4. The number of esters is 2. The molecule has 0 radical (unpaired) electrons. The molecule has 51 heavy (non-hydrogen) atoms. The molecule has 0 bridgehead atoms. The van der Waals surface area contributed by atoms with Crippen LogP contribution in [0.4, 0.5) is 0 Å². The zero-order valence-corrected chi connectivity index (χ0v) is 32.5. The van der Waals surface area contributed by atoms with E-state index in [-0.39, 0.29) is 19.4 Å². The summed E-state index contributed by atoms with van der Waals surface area (Å²) in [5.41, 5.74) is 0. The van der Waals surface area contributed by atoms with Crippen LogP contribution in [0.1, 0.15) is 149 Å². The number of phosphoric ester groups is 1. The van der Waals surface area contributed by atoms with Gasteiger partial charge in [-0.2, -0.15) is 0 Å². The lowest BCUT2D eigenvalue weighted by Gasteiger charge is -2.18. The summed E-state index contributed by atoms with van der Waals surface area (Å²) in [6.45, 7) is 3.48. The molecule has 0 heterocycles. The predicted molar refractivity (Wildman–Crippen MR) is 208 cm³/mol. The Morgan fingerprint density at radius 3 is 1.86 bits per heavy atom. The Kier molecular flexibility index (Phi) is 34.0. The van der Waals surface area contributed by atoms with E-state index in [4.69, 9.17) is 19.3 Å². The van der Waals surface area contributed by atoms with Gasteiger partial charge in [-0.3, -0.25) is 14.1 Å². The lowest BCUT2D eigenvalue weighted by atomic mass is 10.1. The van der Waals surface area contributed by atoms with Crippen molar-refractivity contribution in [2.45, 2.75) is 161 Å². The predicted octanol–water partition coefficient (Wildman–Crippen LogP) is 10.5. The van der Waals surface area contributed by atoms with Crippen LogP contribution in [-0.2, 0) is 28.2 Å². The Morgan fingerprint density at radius 2 is 1.16 bits per heavy atom. The highest BCUT2D eigenvalue weighted by molar-refractivity contribution is 7.46. The van der Waals surface area contributed by atoms with E-state index in [0.717, 1.165) is 51.4 Å². The minimum atomic E-state index is -4.78. The lowest BCUT2D eigenvalue weighted by molar-refractivity contribution is -0.161. The number of aliphatic hydroxyl groups is 1. The van der Waals surface area contributed by atoms with E-state index in [2.05, 4.69) is 48.8 Å². The second-order valence-corrected chi connectivity index (χ2v) is 14.0. The first-order valence-electron chi connectivity index (χ1n) is 19.4. The number of hydrogen-bond acceptors (Lipinski definition) is 7. The van der Waals surface area contributed by atoms with Crippen molar-refractivity contribution in [3.05, 3.63) is 72.9 Å². The molecule has 2 atom stereocenters. The highest BCUT2D eigenvalue weighted by Crippen LogP contribution is 2.36. The van der Waals surface area contributed by atoms with Gasteiger partial charge < -0.3 is 24.4 Å².